The van der Waals surface area contributed by atoms with Gasteiger partial charge in [0.15, 0.2) is 0 Å². The summed E-state index contributed by atoms with van der Waals surface area (Å²) in [6.45, 7) is 6.87. The van der Waals surface area contributed by atoms with Gasteiger partial charge in [0, 0.05) is 48.7 Å². The summed E-state index contributed by atoms with van der Waals surface area (Å²) in [7, 11) is 0. The Bertz CT molecular complexity index is 2070. The molecule has 48 heavy (non-hydrogen) atoms. The molecule has 242 valence electrons. The molecule has 6 aromatic carbocycles. The third-order valence-corrected chi connectivity index (χ3v) is 8.30. The SMILES string of the molecule is CC(C)(C)c1cc2ccc3c(CNC(=O)Nc4ccc([N+](=O)[O-])cc4)cc(CNC(=O)Nc4ccc([N+](=O)[O-])cc4)c4ccc(c1)c2c34. The van der Waals surface area contributed by atoms with Crippen molar-refractivity contribution in [3.63, 3.8) is 0 Å². The second-order valence-corrected chi connectivity index (χ2v) is 12.6. The van der Waals surface area contributed by atoms with Gasteiger partial charge in [-0.25, -0.2) is 9.59 Å². The third-order valence-electron chi connectivity index (χ3n) is 8.30. The maximum Gasteiger partial charge on any atom is 0.319 e. The average molecular weight is 645 g/mol. The molecule has 6 aromatic rings. The molecule has 12 heteroatoms. The number of non-ortho nitro benzene ring substituents is 2. The fourth-order valence-corrected chi connectivity index (χ4v) is 5.83. The predicted molar refractivity (Wildman–Crippen MR) is 187 cm³/mol. The van der Waals surface area contributed by atoms with E-state index >= 15 is 0 Å². The summed E-state index contributed by atoms with van der Waals surface area (Å²) in [5, 5.41) is 39.4. The number of hydrogen-bond donors (Lipinski definition) is 4. The van der Waals surface area contributed by atoms with Gasteiger partial charge in [0.05, 0.1) is 9.85 Å². The number of rotatable bonds is 8. The van der Waals surface area contributed by atoms with Crippen molar-refractivity contribution in [3.8, 4) is 0 Å². The minimum Gasteiger partial charge on any atom is -0.334 e. The summed E-state index contributed by atoms with van der Waals surface area (Å²) in [5.74, 6) is 0. The Morgan fingerprint density at radius 3 is 1.40 bits per heavy atom. The van der Waals surface area contributed by atoms with E-state index in [0.717, 1.165) is 43.4 Å². The number of nitrogens with zero attached hydrogens (tertiary/aromatic N) is 2. The molecule has 0 atom stereocenters. The molecular weight excluding hydrogens is 612 g/mol. The Morgan fingerprint density at radius 2 is 1.02 bits per heavy atom. The number of anilines is 2. The summed E-state index contributed by atoms with van der Waals surface area (Å²) < 4.78 is 0. The molecule has 4 amide bonds. The highest BCUT2D eigenvalue weighted by Gasteiger charge is 2.20. The van der Waals surface area contributed by atoms with Crippen LogP contribution < -0.4 is 21.3 Å². The van der Waals surface area contributed by atoms with Crippen molar-refractivity contribution < 1.29 is 19.4 Å². The van der Waals surface area contributed by atoms with Crippen LogP contribution >= 0.6 is 0 Å². The van der Waals surface area contributed by atoms with E-state index in [9.17, 15) is 29.8 Å². The second kappa shape index (κ2) is 12.5. The van der Waals surface area contributed by atoms with E-state index in [4.69, 9.17) is 0 Å². The molecule has 6 rings (SSSR count). The van der Waals surface area contributed by atoms with Gasteiger partial charge in [-0.2, -0.15) is 0 Å². The zero-order valence-corrected chi connectivity index (χ0v) is 26.4. The Kier molecular flexibility index (Phi) is 8.23. The summed E-state index contributed by atoms with van der Waals surface area (Å²) in [5.41, 5.74) is 3.50. The topological polar surface area (TPSA) is 169 Å². The highest BCUT2D eigenvalue weighted by Crippen LogP contribution is 2.40. The molecule has 0 aliphatic heterocycles. The van der Waals surface area contributed by atoms with E-state index in [0.29, 0.717) is 11.4 Å². The molecule has 0 aliphatic carbocycles. The molecule has 0 aliphatic rings. The highest BCUT2D eigenvalue weighted by molar-refractivity contribution is 6.24. The van der Waals surface area contributed by atoms with Crippen LogP contribution in [0.3, 0.4) is 0 Å². The normalized spacial score (nSPS) is 11.5. The lowest BCUT2D eigenvalue weighted by Crippen LogP contribution is -2.29. The number of nitro benzene ring substituents is 2. The number of hydrogen-bond acceptors (Lipinski definition) is 6. The van der Waals surface area contributed by atoms with Gasteiger partial charge in [0.25, 0.3) is 11.4 Å². The molecule has 4 N–H and O–H groups in total. The molecule has 0 bridgehead atoms. The fourth-order valence-electron chi connectivity index (χ4n) is 5.83. The van der Waals surface area contributed by atoms with E-state index in [2.05, 4.69) is 78.4 Å². The maximum atomic E-state index is 12.9. The van der Waals surface area contributed by atoms with Crippen LogP contribution in [0, 0.1) is 20.2 Å². The van der Waals surface area contributed by atoms with Crippen LogP contribution in [0.2, 0.25) is 0 Å². The molecule has 0 fully saturated rings. The lowest BCUT2D eigenvalue weighted by Gasteiger charge is -2.23. The van der Waals surface area contributed by atoms with Crippen molar-refractivity contribution in [1.82, 2.24) is 10.6 Å². The summed E-state index contributed by atoms with van der Waals surface area (Å²) in [6.07, 6.45) is 0. The zero-order valence-electron chi connectivity index (χ0n) is 26.4. The minimum atomic E-state index is -0.506. The van der Waals surface area contributed by atoms with Crippen LogP contribution in [0.25, 0.3) is 32.3 Å². The smallest absolute Gasteiger partial charge is 0.319 e. The molecule has 0 radical (unpaired) electrons. The number of carbonyl (C=O) groups excluding carboxylic acids is 2. The van der Waals surface area contributed by atoms with Gasteiger partial charge in [-0.05, 0) is 78.7 Å². The fraction of sp³-hybridized carbons (Fsp3) is 0.167. The van der Waals surface area contributed by atoms with E-state index in [1.165, 1.54) is 54.1 Å². The largest absolute Gasteiger partial charge is 0.334 e. The predicted octanol–water partition coefficient (Wildman–Crippen LogP) is 8.34. The van der Waals surface area contributed by atoms with E-state index in [1.807, 2.05) is 6.07 Å². The highest BCUT2D eigenvalue weighted by atomic mass is 16.6. The van der Waals surface area contributed by atoms with Gasteiger partial charge in [-0.3, -0.25) is 20.2 Å². The quantitative estimate of drug-likeness (QED) is 0.0737. The van der Waals surface area contributed by atoms with Crippen molar-refractivity contribution in [2.24, 2.45) is 0 Å². The number of nitrogens with one attached hydrogen (secondary N) is 4. The minimum absolute atomic E-state index is 0.0529. The monoisotopic (exact) mass is 644 g/mol. The van der Waals surface area contributed by atoms with Gasteiger partial charge in [0.1, 0.15) is 0 Å². The van der Waals surface area contributed by atoms with E-state index < -0.39 is 21.9 Å². The Balaban J connectivity index is 1.31. The number of carbonyl (C=O) groups is 2. The molecule has 0 unspecified atom stereocenters. The van der Waals surface area contributed by atoms with Crippen molar-refractivity contribution in [3.05, 3.63) is 128 Å². The lowest BCUT2D eigenvalue weighted by atomic mass is 9.82. The second-order valence-electron chi connectivity index (χ2n) is 12.6. The summed E-state index contributed by atoms with van der Waals surface area (Å²) in [6, 6.07) is 24.8. The first-order valence-corrected chi connectivity index (χ1v) is 15.2. The number of amides is 4. The first-order chi connectivity index (χ1) is 22.9. The molecule has 12 nitrogen and oxygen atoms in total. The van der Waals surface area contributed by atoms with Crippen molar-refractivity contribution >= 4 is 67.1 Å². The standard InChI is InChI=1S/C36H32N6O6/c1-36(2,3)25-17-21-4-14-30-23(19-37-34(43)39-26-6-10-28(11-7-26)41(45)46)16-24(31-15-5-22(18-25)32(21)33(30)31)20-38-35(44)40-27-8-12-29(13-9-27)42(47)48/h4-18H,19-20H2,1-3H3,(H2,37,39,43)(H2,38,40,44). The van der Waals surface area contributed by atoms with Crippen LogP contribution in [-0.4, -0.2) is 21.9 Å². The van der Waals surface area contributed by atoms with Crippen LogP contribution in [0.4, 0.5) is 32.3 Å². The molecule has 0 aromatic heterocycles. The Hall–Kier alpha value is -6.30. The van der Waals surface area contributed by atoms with Gasteiger partial charge in [-0.1, -0.05) is 63.2 Å². The summed E-state index contributed by atoms with van der Waals surface area (Å²) in [4.78, 5) is 46.7. The van der Waals surface area contributed by atoms with Gasteiger partial charge in [-0.15, -0.1) is 0 Å². The molecule has 0 heterocycles. The van der Waals surface area contributed by atoms with Crippen LogP contribution in [0.5, 0.6) is 0 Å². The molecule has 0 saturated heterocycles. The van der Waals surface area contributed by atoms with Crippen molar-refractivity contribution in [1.29, 1.82) is 0 Å². The van der Waals surface area contributed by atoms with Crippen LogP contribution in [0.15, 0.2) is 91.0 Å². The first-order valence-electron chi connectivity index (χ1n) is 15.2. The van der Waals surface area contributed by atoms with E-state index in [-0.39, 0.29) is 29.9 Å². The van der Waals surface area contributed by atoms with Gasteiger partial charge >= 0.3 is 12.1 Å². The Labute approximate surface area is 274 Å². The number of urea groups is 2. The number of benzene rings is 6. The van der Waals surface area contributed by atoms with Crippen molar-refractivity contribution in [2.45, 2.75) is 39.3 Å². The van der Waals surface area contributed by atoms with Gasteiger partial charge in [0.2, 0.25) is 0 Å². The zero-order chi connectivity index (χ0) is 34.2. The van der Waals surface area contributed by atoms with Crippen LogP contribution in [-0.2, 0) is 18.5 Å². The first kappa shape index (κ1) is 31.7. The Morgan fingerprint density at radius 1 is 0.604 bits per heavy atom. The van der Waals surface area contributed by atoms with Gasteiger partial charge < -0.3 is 21.3 Å². The molecule has 0 spiro atoms. The third kappa shape index (κ3) is 6.49. The van der Waals surface area contributed by atoms with E-state index in [1.54, 1.807) is 0 Å². The van der Waals surface area contributed by atoms with Crippen LogP contribution in [0.1, 0.15) is 37.5 Å². The number of nitro groups is 2. The lowest BCUT2D eigenvalue weighted by molar-refractivity contribution is -0.385. The summed E-state index contributed by atoms with van der Waals surface area (Å²) >= 11 is 0. The van der Waals surface area contributed by atoms with Crippen molar-refractivity contribution in [2.75, 3.05) is 10.6 Å². The average Bonchev–Trinajstić information content (AvgIpc) is 3.05. The molecular formula is C36H32N6O6. The molecule has 0 saturated carbocycles. The maximum absolute atomic E-state index is 12.9.